The molecule has 25 heavy (non-hydrogen) atoms. The lowest BCUT2D eigenvalue weighted by Crippen LogP contribution is -2.48. The van der Waals surface area contributed by atoms with Gasteiger partial charge >= 0.3 is 0 Å². The second kappa shape index (κ2) is 7.82. The molecule has 1 aromatic heterocycles. The van der Waals surface area contributed by atoms with Crippen LogP contribution in [-0.4, -0.2) is 53.8 Å². The molecule has 0 saturated carbocycles. The summed E-state index contributed by atoms with van der Waals surface area (Å²) in [7, 11) is 0. The number of aryl methyl sites for hydroxylation is 1. The van der Waals surface area contributed by atoms with E-state index in [1.807, 2.05) is 36.1 Å². The van der Waals surface area contributed by atoms with Gasteiger partial charge in [0.15, 0.2) is 0 Å². The third-order valence-electron chi connectivity index (χ3n) is 4.04. The summed E-state index contributed by atoms with van der Waals surface area (Å²) in [5.41, 5.74) is 0.706. The van der Waals surface area contributed by atoms with Crippen molar-refractivity contribution < 1.29 is 9.53 Å². The van der Waals surface area contributed by atoms with Gasteiger partial charge in [-0.1, -0.05) is 25.2 Å². The Labute approximate surface area is 152 Å². The molecule has 0 radical (unpaired) electrons. The van der Waals surface area contributed by atoms with Crippen molar-refractivity contribution in [2.75, 3.05) is 37.7 Å². The molecule has 6 nitrogen and oxygen atoms in total. The van der Waals surface area contributed by atoms with E-state index in [2.05, 4.69) is 28.9 Å². The summed E-state index contributed by atoms with van der Waals surface area (Å²) in [5, 5.41) is 10.2. The van der Waals surface area contributed by atoms with E-state index in [1.54, 1.807) is 11.3 Å². The van der Waals surface area contributed by atoms with Gasteiger partial charge in [0.05, 0.1) is 6.61 Å². The number of aromatic nitrogens is 2. The van der Waals surface area contributed by atoms with E-state index in [1.165, 1.54) is 0 Å². The van der Waals surface area contributed by atoms with Crippen LogP contribution in [0.5, 0.6) is 5.75 Å². The topological polar surface area (TPSA) is 58.6 Å². The predicted octanol–water partition coefficient (Wildman–Crippen LogP) is 2.84. The van der Waals surface area contributed by atoms with E-state index in [-0.39, 0.29) is 5.91 Å². The largest absolute Gasteiger partial charge is 0.493 e. The Kier molecular flexibility index (Phi) is 5.53. The molecule has 1 aromatic carbocycles. The average molecular weight is 360 g/mol. The minimum absolute atomic E-state index is 0.0727. The Bertz CT molecular complexity index is 706. The van der Waals surface area contributed by atoms with Gasteiger partial charge in [0, 0.05) is 31.7 Å². The summed E-state index contributed by atoms with van der Waals surface area (Å²) in [6.07, 6.45) is 0. The van der Waals surface area contributed by atoms with Gasteiger partial charge in [-0.05, 0) is 37.1 Å². The molecule has 1 amide bonds. The smallest absolute Gasteiger partial charge is 0.253 e. The molecule has 1 aliphatic heterocycles. The van der Waals surface area contributed by atoms with Crippen LogP contribution in [0.3, 0.4) is 0 Å². The first kappa shape index (κ1) is 17.7. The first-order chi connectivity index (χ1) is 12.0. The van der Waals surface area contributed by atoms with Crippen LogP contribution < -0.4 is 9.64 Å². The van der Waals surface area contributed by atoms with Crippen molar-refractivity contribution in [1.29, 1.82) is 0 Å². The zero-order chi connectivity index (χ0) is 17.8. The number of benzene rings is 1. The van der Waals surface area contributed by atoms with Crippen molar-refractivity contribution in [2.45, 2.75) is 20.8 Å². The summed E-state index contributed by atoms with van der Waals surface area (Å²) < 4.78 is 5.67. The maximum atomic E-state index is 12.7. The number of anilines is 1. The van der Waals surface area contributed by atoms with Crippen molar-refractivity contribution in [2.24, 2.45) is 5.92 Å². The van der Waals surface area contributed by atoms with Gasteiger partial charge in [0.25, 0.3) is 5.91 Å². The quantitative estimate of drug-likeness (QED) is 0.821. The summed E-state index contributed by atoms with van der Waals surface area (Å²) in [6, 6.07) is 7.43. The molecule has 3 rings (SSSR count). The molecule has 0 aliphatic carbocycles. The second-order valence-corrected chi connectivity index (χ2v) is 7.77. The fourth-order valence-corrected chi connectivity index (χ4v) is 3.39. The molecule has 0 bridgehead atoms. The summed E-state index contributed by atoms with van der Waals surface area (Å²) >= 11 is 1.59. The van der Waals surface area contributed by atoms with Gasteiger partial charge in [0.1, 0.15) is 10.8 Å². The highest BCUT2D eigenvalue weighted by Gasteiger charge is 2.23. The molecular weight excluding hydrogens is 336 g/mol. The van der Waals surface area contributed by atoms with Crippen LogP contribution in [0.15, 0.2) is 24.3 Å². The molecule has 1 fully saturated rings. The molecule has 1 aliphatic rings. The van der Waals surface area contributed by atoms with E-state index in [0.717, 1.165) is 29.0 Å². The standard InChI is InChI=1S/C18H24N4O2S/c1-13(2)12-24-16-6-4-15(5-7-16)17(23)21-8-10-22(11-9-21)18-20-19-14(3)25-18/h4-7,13H,8-12H2,1-3H3. The van der Waals surface area contributed by atoms with Crippen LogP contribution >= 0.6 is 11.3 Å². The lowest BCUT2D eigenvalue weighted by Gasteiger charge is -2.34. The van der Waals surface area contributed by atoms with Crippen LogP contribution in [0.1, 0.15) is 29.2 Å². The van der Waals surface area contributed by atoms with E-state index < -0.39 is 0 Å². The van der Waals surface area contributed by atoms with Crippen LogP contribution in [0.25, 0.3) is 0 Å². The summed E-state index contributed by atoms with van der Waals surface area (Å²) in [6.45, 7) is 9.83. The molecule has 0 N–H and O–H groups in total. The van der Waals surface area contributed by atoms with Crippen molar-refractivity contribution >= 4 is 22.4 Å². The van der Waals surface area contributed by atoms with Crippen LogP contribution in [0.2, 0.25) is 0 Å². The zero-order valence-corrected chi connectivity index (χ0v) is 15.8. The molecule has 1 saturated heterocycles. The van der Waals surface area contributed by atoms with Gasteiger partial charge in [-0.25, -0.2) is 0 Å². The number of piperazine rings is 1. The maximum absolute atomic E-state index is 12.7. The van der Waals surface area contributed by atoms with Crippen LogP contribution in [0, 0.1) is 12.8 Å². The van der Waals surface area contributed by atoms with Gasteiger partial charge in [0.2, 0.25) is 5.13 Å². The van der Waals surface area contributed by atoms with Crippen molar-refractivity contribution in [1.82, 2.24) is 15.1 Å². The number of amides is 1. The predicted molar refractivity (Wildman–Crippen MR) is 99.5 cm³/mol. The Balaban J connectivity index is 1.55. The second-order valence-electron chi connectivity index (χ2n) is 6.61. The number of carbonyl (C=O) groups excluding carboxylic acids is 1. The van der Waals surface area contributed by atoms with E-state index in [0.29, 0.717) is 31.2 Å². The van der Waals surface area contributed by atoms with E-state index in [4.69, 9.17) is 4.74 Å². The van der Waals surface area contributed by atoms with E-state index in [9.17, 15) is 4.79 Å². The highest BCUT2D eigenvalue weighted by molar-refractivity contribution is 7.15. The van der Waals surface area contributed by atoms with Gasteiger partial charge in [-0.2, -0.15) is 0 Å². The normalized spacial score (nSPS) is 14.9. The lowest BCUT2D eigenvalue weighted by molar-refractivity contribution is 0.0746. The number of ether oxygens (including phenoxy) is 1. The molecule has 0 unspecified atom stereocenters. The minimum atomic E-state index is 0.0727. The molecule has 0 spiro atoms. The third kappa shape index (κ3) is 4.48. The highest BCUT2D eigenvalue weighted by Crippen LogP contribution is 2.21. The third-order valence-corrected chi connectivity index (χ3v) is 4.94. The fourth-order valence-electron chi connectivity index (χ4n) is 2.65. The molecule has 134 valence electrons. The Morgan fingerprint density at radius 3 is 2.40 bits per heavy atom. The SMILES string of the molecule is Cc1nnc(N2CCN(C(=O)c3ccc(OCC(C)C)cc3)CC2)s1. The Morgan fingerprint density at radius 1 is 1.16 bits per heavy atom. The van der Waals surface area contributed by atoms with Crippen molar-refractivity contribution in [3.05, 3.63) is 34.8 Å². The summed E-state index contributed by atoms with van der Waals surface area (Å²) in [5.74, 6) is 1.36. The molecule has 7 heteroatoms. The summed E-state index contributed by atoms with van der Waals surface area (Å²) in [4.78, 5) is 16.8. The van der Waals surface area contributed by atoms with Crippen molar-refractivity contribution in [3.8, 4) is 5.75 Å². The average Bonchev–Trinajstić information content (AvgIpc) is 3.06. The van der Waals surface area contributed by atoms with Crippen molar-refractivity contribution in [3.63, 3.8) is 0 Å². The van der Waals surface area contributed by atoms with E-state index >= 15 is 0 Å². The highest BCUT2D eigenvalue weighted by atomic mass is 32.1. The lowest BCUT2D eigenvalue weighted by atomic mass is 10.1. The number of hydrogen-bond acceptors (Lipinski definition) is 6. The fraction of sp³-hybridized carbons (Fsp3) is 0.500. The number of hydrogen-bond donors (Lipinski definition) is 0. The number of nitrogens with zero attached hydrogens (tertiary/aromatic N) is 4. The molecule has 2 heterocycles. The van der Waals surface area contributed by atoms with Crippen LogP contribution in [0.4, 0.5) is 5.13 Å². The molecule has 2 aromatic rings. The van der Waals surface area contributed by atoms with Crippen LogP contribution in [-0.2, 0) is 0 Å². The molecular formula is C18H24N4O2S. The monoisotopic (exact) mass is 360 g/mol. The van der Waals surface area contributed by atoms with Gasteiger partial charge < -0.3 is 14.5 Å². The maximum Gasteiger partial charge on any atom is 0.253 e. The zero-order valence-electron chi connectivity index (χ0n) is 14.9. The first-order valence-electron chi connectivity index (χ1n) is 8.60. The number of rotatable bonds is 5. The van der Waals surface area contributed by atoms with Gasteiger partial charge in [-0.15, -0.1) is 10.2 Å². The first-order valence-corrected chi connectivity index (χ1v) is 9.42. The Hall–Kier alpha value is -2.15. The minimum Gasteiger partial charge on any atom is -0.493 e. The molecule has 0 atom stereocenters. The Morgan fingerprint density at radius 2 is 1.84 bits per heavy atom. The number of carbonyl (C=O) groups is 1. The van der Waals surface area contributed by atoms with Gasteiger partial charge in [-0.3, -0.25) is 4.79 Å².